The van der Waals surface area contributed by atoms with Crippen LogP contribution < -0.4 is 5.32 Å². The Morgan fingerprint density at radius 2 is 1.96 bits per heavy atom. The van der Waals surface area contributed by atoms with Gasteiger partial charge in [-0.1, -0.05) is 12.1 Å². The number of amides is 1. The summed E-state index contributed by atoms with van der Waals surface area (Å²) >= 11 is 0. The standard InChI is InChI=1S/C17H13F3N4O2/c18-17(19,20)11-4-3-5-12(10-11)22-14(25)7-8-15-23-24-16(26-15)13-6-1-2-9-21-13/h1-6,9-10H,7-8H2,(H,22,25). The first-order chi connectivity index (χ1) is 12.4. The fourth-order valence-electron chi connectivity index (χ4n) is 2.16. The molecule has 0 unspecified atom stereocenters. The van der Waals surface area contributed by atoms with Crippen molar-refractivity contribution in [3.8, 4) is 11.6 Å². The molecule has 3 rings (SSSR count). The number of alkyl halides is 3. The summed E-state index contributed by atoms with van der Waals surface area (Å²) in [6, 6.07) is 9.66. The van der Waals surface area contributed by atoms with E-state index in [1.165, 1.54) is 12.1 Å². The molecule has 2 heterocycles. The number of aromatic nitrogens is 3. The van der Waals surface area contributed by atoms with Crippen LogP contribution in [0.25, 0.3) is 11.6 Å². The van der Waals surface area contributed by atoms with E-state index in [1.807, 2.05) is 0 Å². The predicted octanol–water partition coefficient (Wildman–Crippen LogP) is 3.72. The molecule has 134 valence electrons. The van der Waals surface area contributed by atoms with Gasteiger partial charge in [0.05, 0.1) is 5.56 Å². The second-order valence-electron chi connectivity index (χ2n) is 5.34. The van der Waals surface area contributed by atoms with Gasteiger partial charge in [0.25, 0.3) is 5.89 Å². The Hall–Kier alpha value is -3.23. The number of nitrogens with zero attached hydrogens (tertiary/aromatic N) is 3. The molecule has 2 aromatic heterocycles. The number of hydrogen-bond acceptors (Lipinski definition) is 5. The number of halogens is 3. The summed E-state index contributed by atoms with van der Waals surface area (Å²) in [6.07, 6.45) is -2.74. The fourth-order valence-corrected chi connectivity index (χ4v) is 2.16. The van der Waals surface area contributed by atoms with Crippen LogP contribution in [0.15, 0.2) is 53.1 Å². The fraction of sp³-hybridized carbons (Fsp3) is 0.176. The van der Waals surface area contributed by atoms with Crippen molar-refractivity contribution in [2.45, 2.75) is 19.0 Å². The normalized spacial score (nSPS) is 11.3. The molecule has 0 saturated heterocycles. The Balaban J connectivity index is 1.57. The molecule has 1 N–H and O–H groups in total. The van der Waals surface area contributed by atoms with Crippen molar-refractivity contribution >= 4 is 11.6 Å². The first-order valence-electron chi connectivity index (χ1n) is 7.63. The minimum absolute atomic E-state index is 0.0138. The van der Waals surface area contributed by atoms with Gasteiger partial charge in [0, 0.05) is 24.7 Å². The van der Waals surface area contributed by atoms with E-state index in [0.717, 1.165) is 12.1 Å². The molecule has 0 aliphatic carbocycles. The number of rotatable bonds is 5. The molecular formula is C17H13F3N4O2. The van der Waals surface area contributed by atoms with Crippen LogP contribution in [-0.4, -0.2) is 21.1 Å². The molecule has 0 radical (unpaired) electrons. The molecule has 0 fully saturated rings. The molecule has 0 aliphatic rings. The van der Waals surface area contributed by atoms with Crippen LogP contribution in [0, 0.1) is 0 Å². The SMILES string of the molecule is O=C(CCc1nnc(-c2ccccn2)o1)Nc1cccc(C(F)(F)F)c1. The highest BCUT2D eigenvalue weighted by molar-refractivity contribution is 5.90. The zero-order valence-electron chi connectivity index (χ0n) is 13.3. The summed E-state index contributed by atoms with van der Waals surface area (Å²) < 4.78 is 43.4. The van der Waals surface area contributed by atoms with Crippen molar-refractivity contribution in [1.82, 2.24) is 15.2 Å². The van der Waals surface area contributed by atoms with E-state index in [2.05, 4.69) is 20.5 Å². The van der Waals surface area contributed by atoms with Crippen LogP contribution in [0.3, 0.4) is 0 Å². The zero-order chi connectivity index (χ0) is 18.6. The molecule has 0 spiro atoms. The van der Waals surface area contributed by atoms with E-state index >= 15 is 0 Å². The second kappa shape index (κ2) is 7.34. The van der Waals surface area contributed by atoms with Crippen LogP contribution in [0.5, 0.6) is 0 Å². The van der Waals surface area contributed by atoms with Gasteiger partial charge in [0.1, 0.15) is 5.69 Å². The van der Waals surface area contributed by atoms with E-state index < -0.39 is 17.6 Å². The number of aryl methyl sites for hydroxylation is 1. The van der Waals surface area contributed by atoms with Gasteiger partial charge in [-0.2, -0.15) is 13.2 Å². The van der Waals surface area contributed by atoms with Gasteiger partial charge >= 0.3 is 6.18 Å². The number of hydrogen-bond donors (Lipinski definition) is 1. The van der Waals surface area contributed by atoms with E-state index in [9.17, 15) is 18.0 Å². The highest BCUT2D eigenvalue weighted by atomic mass is 19.4. The quantitative estimate of drug-likeness (QED) is 0.748. The van der Waals surface area contributed by atoms with Gasteiger partial charge < -0.3 is 9.73 Å². The third kappa shape index (κ3) is 4.44. The summed E-state index contributed by atoms with van der Waals surface area (Å²) in [5.41, 5.74) is -0.239. The predicted molar refractivity (Wildman–Crippen MR) is 85.9 cm³/mol. The first-order valence-corrected chi connectivity index (χ1v) is 7.63. The van der Waals surface area contributed by atoms with Crippen LogP contribution >= 0.6 is 0 Å². The molecule has 0 atom stereocenters. The first kappa shape index (κ1) is 17.6. The molecule has 0 saturated carbocycles. The molecular weight excluding hydrogens is 349 g/mol. The Bertz CT molecular complexity index is 894. The topological polar surface area (TPSA) is 80.9 Å². The lowest BCUT2D eigenvalue weighted by atomic mass is 10.2. The maximum Gasteiger partial charge on any atom is 0.416 e. The van der Waals surface area contributed by atoms with Crippen LogP contribution in [0.1, 0.15) is 17.9 Å². The maximum atomic E-state index is 12.7. The number of carbonyl (C=O) groups is 1. The van der Waals surface area contributed by atoms with E-state index in [-0.39, 0.29) is 30.3 Å². The van der Waals surface area contributed by atoms with Gasteiger partial charge in [0.2, 0.25) is 11.8 Å². The van der Waals surface area contributed by atoms with Crippen molar-refractivity contribution in [2.75, 3.05) is 5.32 Å². The second-order valence-corrected chi connectivity index (χ2v) is 5.34. The van der Waals surface area contributed by atoms with Gasteiger partial charge in [0.15, 0.2) is 0 Å². The van der Waals surface area contributed by atoms with E-state index in [4.69, 9.17) is 4.42 Å². The summed E-state index contributed by atoms with van der Waals surface area (Å²) in [6.45, 7) is 0. The van der Waals surface area contributed by atoms with Gasteiger partial charge in [-0.25, -0.2) is 0 Å². The van der Waals surface area contributed by atoms with Crippen molar-refractivity contribution in [1.29, 1.82) is 0 Å². The maximum absolute atomic E-state index is 12.7. The third-order valence-electron chi connectivity index (χ3n) is 3.39. The number of pyridine rings is 1. The van der Waals surface area contributed by atoms with Crippen LogP contribution in [0.4, 0.5) is 18.9 Å². The van der Waals surface area contributed by atoms with Gasteiger partial charge in [-0.05, 0) is 30.3 Å². The molecule has 0 aliphatic heterocycles. The Kier molecular flexibility index (Phi) is 4.97. The van der Waals surface area contributed by atoms with E-state index in [0.29, 0.717) is 5.69 Å². The highest BCUT2D eigenvalue weighted by Gasteiger charge is 2.30. The lowest BCUT2D eigenvalue weighted by molar-refractivity contribution is -0.137. The lowest BCUT2D eigenvalue weighted by Crippen LogP contribution is -2.13. The third-order valence-corrected chi connectivity index (χ3v) is 3.39. The molecule has 9 heteroatoms. The number of anilines is 1. The molecule has 3 aromatic rings. The lowest BCUT2D eigenvalue weighted by Gasteiger charge is -2.09. The average molecular weight is 362 g/mol. The Labute approximate surface area is 146 Å². The number of nitrogens with one attached hydrogen (secondary N) is 1. The van der Waals surface area contributed by atoms with Gasteiger partial charge in [-0.15, -0.1) is 10.2 Å². The van der Waals surface area contributed by atoms with E-state index in [1.54, 1.807) is 24.4 Å². The van der Waals surface area contributed by atoms with Crippen molar-refractivity contribution in [3.05, 3.63) is 60.1 Å². The minimum Gasteiger partial charge on any atom is -0.419 e. The summed E-state index contributed by atoms with van der Waals surface area (Å²) in [5.74, 6) is 0.0191. The number of benzene rings is 1. The molecule has 26 heavy (non-hydrogen) atoms. The largest absolute Gasteiger partial charge is 0.419 e. The monoisotopic (exact) mass is 362 g/mol. The van der Waals surface area contributed by atoms with Crippen LogP contribution in [-0.2, 0) is 17.4 Å². The van der Waals surface area contributed by atoms with Gasteiger partial charge in [-0.3, -0.25) is 9.78 Å². The Morgan fingerprint density at radius 1 is 1.12 bits per heavy atom. The number of carbonyl (C=O) groups excluding carboxylic acids is 1. The summed E-state index contributed by atoms with van der Waals surface area (Å²) in [7, 11) is 0. The smallest absolute Gasteiger partial charge is 0.416 e. The van der Waals surface area contributed by atoms with Crippen molar-refractivity contribution in [2.24, 2.45) is 0 Å². The highest BCUT2D eigenvalue weighted by Crippen LogP contribution is 2.30. The average Bonchev–Trinajstić information content (AvgIpc) is 3.09. The Morgan fingerprint density at radius 3 is 2.69 bits per heavy atom. The van der Waals surface area contributed by atoms with Crippen LogP contribution in [0.2, 0.25) is 0 Å². The molecule has 1 aromatic carbocycles. The summed E-state index contributed by atoms with van der Waals surface area (Å²) in [5, 5.41) is 10.1. The molecule has 1 amide bonds. The zero-order valence-corrected chi connectivity index (χ0v) is 13.3. The minimum atomic E-state index is -4.47. The summed E-state index contributed by atoms with van der Waals surface area (Å²) in [4.78, 5) is 16.0. The molecule has 6 nitrogen and oxygen atoms in total. The molecule has 0 bridgehead atoms. The van der Waals surface area contributed by atoms with Crippen molar-refractivity contribution in [3.63, 3.8) is 0 Å². The van der Waals surface area contributed by atoms with Crippen molar-refractivity contribution < 1.29 is 22.4 Å².